The van der Waals surface area contributed by atoms with Crippen molar-refractivity contribution in [1.82, 2.24) is 10.3 Å². The molecule has 1 aliphatic rings. The van der Waals surface area contributed by atoms with Crippen LogP contribution in [0.2, 0.25) is 0 Å². The highest BCUT2D eigenvalue weighted by molar-refractivity contribution is 5.79. The van der Waals surface area contributed by atoms with Crippen molar-refractivity contribution in [3.05, 3.63) is 59.7 Å². The highest BCUT2D eigenvalue weighted by Gasteiger charge is 2.30. The van der Waals surface area contributed by atoms with Crippen molar-refractivity contribution in [3.8, 4) is 5.75 Å². The van der Waals surface area contributed by atoms with Crippen molar-refractivity contribution in [1.29, 1.82) is 0 Å². The molecule has 1 aromatic heterocycles. The molecule has 3 rings (SSSR count). The second kappa shape index (κ2) is 9.64. The van der Waals surface area contributed by atoms with E-state index in [0.29, 0.717) is 17.4 Å². The minimum Gasteiger partial charge on any atom is -0.494 e. The maximum atomic E-state index is 13.9. The number of nitrogens with one attached hydrogen (secondary N) is 1. The van der Waals surface area contributed by atoms with Crippen molar-refractivity contribution in [2.45, 2.75) is 38.1 Å². The zero-order valence-electron chi connectivity index (χ0n) is 16.2. The average molecular weight is 385 g/mol. The number of nitrogens with two attached hydrogens (primary N) is 1. The Morgan fingerprint density at radius 1 is 1.29 bits per heavy atom. The van der Waals surface area contributed by atoms with Crippen LogP contribution in [-0.2, 0) is 11.2 Å². The van der Waals surface area contributed by atoms with Crippen LogP contribution in [0.25, 0.3) is 0 Å². The van der Waals surface area contributed by atoms with Gasteiger partial charge in [0.15, 0.2) is 11.6 Å². The fraction of sp³-hybridized carbons (Fsp3) is 0.455. The largest absolute Gasteiger partial charge is 0.494 e. The van der Waals surface area contributed by atoms with Gasteiger partial charge in [-0.2, -0.15) is 0 Å². The van der Waals surface area contributed by atoms with Crippen LogP contribution in [0.3, 0.4) is 0 Å². The summed E-state index contributed by atoms with van der Waals surface area (Å²) in [7, 11) is 1.42. The molecule has 1 unspecified atom stereocenters. The lowest BCUT2D eigenvalue weighted by Crippen LogP contribution is -2.37. The zero-order chi connectivity index (χ0) is 19.9. The SMILES string of the molecule is COc1ccc(CC(=O)NC(c2ccccn2)C2CCC(CN)CC2)cc1F. The second-order valence-electron chi connectivity index (χ2n) is 7.46. The van der Waals surface area contributed by atoms with Gasteiger partial charge in [-0.1, -0.05) is 12.1 Å². The maximum absolute atomic E-state index is 13.9. The van der Waals surface area contributed by atoms with Gasteiger partial charge >= 0.3 is 0 Å². The third kappa shape index (κ3) is 5.07. The van der Waals surface area contributed by atoms with Crippen LogP contribution in [0, 0.1) is 17.7 Å². The highest BCUT2D eigenvalue weighted by atomic mass is 19.1. The van der Waals surface area contributed by atoms with Gasteiger partial charge in [-0.25, -0.2) is 4.39 Å². The number of benzene rings is 1. The summed E-state index contributed by atoms with van der Waals surface area (Å²) in [6.07, 6.45) is 6.04. The Balaban J connectivity index is 1.70. The number of nitrogens with zero attached hydrogens (tertiary/aromatic N) is 1. The molecule has 0 saturated heterocycles. The average Bonchev–Trinajstić information content (AvgIpc) is 2.73. The van der Waals surface area contributed by atoms with Crippen LogP contribution >= 0.6 is 0 Å². The molecule has 150 valence electrons. The molecule has 1 aromatic carbocycles. The van der Waals surface area contributed by atoms with Crippen LogP contribution < -0.4 is 15.8 Å². The molecule has 1 heterocycles. The third-order valence-corrected chi connectivity index (χ3v) is 5.60. The topological polar surface area (TPSA) is 77.2 Å². The fourth-order valence-electron chi connectivity index (χ4n) is 3.98. The molecule has 0 bridgehead atoms. The summed E-state index contributed by atoms with van der Waals surface area (Å²) >= 11 is 0. The first kappa shape index (κ1) is 20.3. The number of pyridine rings is 1. The molecule has 28 heavy (non-hydrogen) atoms. The van der Waals surface area contributed by atoms with Crippen molar-refractivity contribution < 1.29 is 13.9 Å². The normalized spacial score (nSPS) is 20.4. The van der Waals surface area contributed by atoms with E-state index in [9.17, 15) is 9.18 Å². The van der Waals surface area contributed by atoms with Crippen LogP contribution in [0.5, 0.6) is 5.75 Å². The molecule has 1 amide bonds. The number of hydrogen-bond acceptors (Lipinski definition) is 4. The smallest absolute Gasteiger partial charge is 0.224 e. The van der Waals surface area contributed by atoms with Crippen molar-refractivity contribution in [2.24, 2.45) is 17.6 Å². The van der Waals surface area contributed by atoms with Crippen LogP contribution in [0.4, 0.5) is 4.39 Å². The molecule has 5 nitrogen and oxygen atoms in total. The van der Waals surface area contributed by atoms with Gasteiger partial charge in [-0.3, -0.25) is 9.78 Å². The summed E-state index contributed by atoms with van der Waals surface area (Å²) in [5, 5.41) is 3.15. The van der Waals surface area contributed by atoms with Gasteiger partial charge in [0.05, 0.1) is 25.3 Å². The molecular weight excluding hydrogens is 357 g/mol. The van der Waals surface area contributed by atoms with E-state index in [-0.39, 0.29) is 24.1 Å². The van der Waals surface area contributed by atoms with E-state index in [1.54, 1.807) is 18.3 Å². The van der Waals surface area contributed by atoms with Crippen molar-refractivity contribution >= 4 is 5.91 Å². The van der Waals surface area contributed by atoms with E-state index in [1.807, 2.05) is 18.2 Å². The first-order chi connectivity index (χ1) is 13.6. The van der Waals surface area contributed by atoms with E-state index in [2.05, 4.69) is 10.3 Å². The summed E-state index contributed by atoms with van der Waals surface area (Å²) < 4.78 is 18.8. The van der Waals surface area contributed by atoms with Crippen LogP contribution in [0.15, 0.2) is 42.6 Å². The van der Waals surface area contributed by atoms with Gasteiger partial charge in [0.1, 0.15) is 0 Å². The Morgan fingerprint density at radius 3 is 2.68 bits per heavy atom. The van der Waals surface area contributed by atoms with Gasteiger partial charge in [-0.05, 0) is 73.9 Å². The van der Waals surface area contributed by atoms with Gasteiger partial charge < -0.3 is 15.8 Å². The first-order valence-corrected chi connectivity index (χ1v) is 9.83. The predicted molar refractivity (Wildman–Crippen MR) is 106 cm³/mol. The Kier molecular flexibility index (Phi) is 6.98. The minimum atomic E-state index is -0.464. The lowest BCUT2D eigenvalue weighted by atomic mass is 9.77. The minimum absolute atomic E-state index is 0.113. The lowest BCUT2D eigenvalue weighted by Gasteiger charge is -2.33. The molecule has 6 heteroatoms. The van der Waals surface area contributed by atoms with Gasteiger partial charge in [0.2, 0.25) is 5.91 Å². The van der Waals surface area contributed by atoms with E-state index in [1.165, 1.54) is 13.2 Å². The van der Waals surface area contributed by atoms with Gasteiger partial charge in [0.25, 0.3) is 0 Å². The zero-order valence-corrected chi connectivity index (χ0v) is 16.2. The molecular formula is C22H28FN3O2. The number of amides is 1. The summed E-state index contributed by atoms with van der Waals surface area (Å²) in [5.41, 5.74) is 7.30. The Morgan fingerprint density at radius 2 is 2.07 bits per heavy atom. The van der Waals surface area contributed by atoms with Crippen molar-refractivity contribution in [2.75, 3.05) is 13.7 Å². The molecule has 1 saturated carbocycles. The van der Waals surface area contributed by atoms with E-state index >= 15 is 0 Å². The maximum Gasteiger partial charge on any atom is 0.224 e. The first-order valence-electron chi connectivity index (χ1n) is 9.83. The number of ether oxygens (including phenoxy) is 1. The number of carbonyl (C=O) groups excluding carboxylic acids is 1. The highest BCUT2D eigenvalue weighted by Crippen LogP contribution is 2.36. The van der Waals surface area contributed by atoms with Crippen molar-refractivity contribution in [3.63, 3.8) is 0 Å². The molecule has 0 spiro atoms. The second-order valence-corrected chi connectivity index (χ2v) is 7.46. The van der Waals surface area contributed by atoms with E-state index in [0.717, 1.165) is 37.9 Å². The van der Waals surface area contributed by atoms with Crippen LogP contribution in [0.1, 0.15) is 43.0 Å². The molecule has 2 aromatic rings. The molecule has 1 aliphatic carbocycles. The van der Waals surface area contributed by atoms with E-state index in [4.69, 9.17) is 10.5 Å². The molecule has 0 aliphatic heterocycles. The Hall–Kier alpha value is -2.47. The standard InChI is InChI=1S/C22H28FN3O2/c1-28-20-10-7-16(12-18(20)23)13-21(27)26-22(19-4-2-3-11-25-19)17-8-5-15(14-24)6-9-17/h2-4,7,10-12,15,17,22H,5-6,8-9,13-14,24H2,1H3,(H,26,27). The molecule has 0 radical (unpaired) electrons. The fourth-order valence-corrected chi connectivity index (χ4v) is 3.98. The number of rotatable bonds is 7. The summed E-state index contributed by atoms with van der Waals surface area (Å²) in [6.45, 7) is 0.719. The molecule has 3 N–H and O–H groups in total. The predicted octanol–water partition coefficient (Wildman–Crippen LogP) is 3.39. The number of hydrogen-bond donors (Lipinski definition) is 2. The van der Waals surface area contributed by atoms with E-state index < -0.39 is 5.82 Å². The Bertz CT molecular complexity index is 777. The third-order valence-electron chi connectivity index (χ3n) is 5.60. The molecule has 1 fully saturated rings. The van der Waals surface area contributed by atoms with Crippen LogP contribution in [-0.4, -0.2) is 24.5 Å². The van der Waals surface area contributed by atoms with Gasteiger partial charge in [0, 0.05) is 6.20 Å². The monoisotopic (exact) mass is 385 g/mol. The summed E-state index contributed by atoms with van der Waals surface area (Å²) in [4.78, 5) is 17.2. The van der Waals surface area contributed by atoms with Gasteiger partial charge in [-0.15, -0.1) is 0 Å². The lowest BCUT2D eigenvalue weighted by molar-refractivity contribution is -0.121. The quantitative estimate of drug-likeness (QED) is 0.766. The number of halogens is 1. The summed E-state index contributed by atoms with van der Waals surface area (Å²) in [5.74, 6) is 0.468. The number of methoxy groups -OCH3 is 1. The Labute approximate surface area is 165 Å². The number of carbonyl (C=O) groups is 1. The molecule has 1 atom stereocenters. The summed E-state index contributed by atoms with van der Waals surface area (Å²) in [6, 6.07) is 10.2. The number of aromatic nitrogens is 1.